The summed E-state index contributed by atoms with van der Waals surface area (Å²) in [5, 5.41) is 3.12. The van der Waals surface area contributed by atoms with Crippen molar-refractivity contribution in [3.05, 3.63) is 30.3 Å². The molecule has 0 unspecified atom stereocenters. The smallest absolute Gasteiger partial charge is 0.243 e. The minimum Gasteiger partial charge on any atom is -0.353 e. The Morgan fingerprint density at radius 1 is 1.00 bits per heavy atom. The monoisotopic (exact) mass is 364 g/mol. The zero-order valence-electron chi connectivity index (χ0n) is 14.7. The van der Waals surface area contributed by atoms with Crippen LogP contribution in [0, 0.1) is 0 Å². The normalized spacial score (nSPS) is 23.3. The summed E-state index contributed by atoms with van der Waals surface area (Å²) < 4.78 is 27.5. The van der Waals surface area contributed by atoms with E-state index >= 15 is 0 Å². The number of amides is 1. The lowest BCUT2D eigenvalue weighted by atomic mass is 9.95. The van der Waals surface area contributed by atoms with Crippen LogP contribution in [-0.4, -0.2) is 37.3 Å². The number of rotatable bonds is 5. The van der Waals surface area contributed by atoms with Crippen LogP contribution in [0.5, 0.6) is 0 Å². The van der Waals surface area contributed by atoms with Gasteiger partial charge in [-0.3, -0.25) is 4.79 Å². The fourth-order valence-electron chi connectivity index (χ4n) is 3.97. The fourth-order valence-corrected chi connectivity index (χ4v) is 5.68. The molecule has 1 aromatic rings. The lowest BCUT2D eigenvalue weighted by Crippen LogP contribution is -2.47. The van der Waals surface area contributed by atoms with Crippen LogP contribution in [0.3, 0.4) is 0 Å². The van der Waals surface area contributed by atoms with E-state index in [1.165, 1.54) is 19.3 Å². The number of carbonyl (C=O) groups is 1. The molecule has 1 aromatic carbocycles. The number of benzene rings is 1. The fraction of sp³-hybridized carbons (Fsp3) is 0.632. The lowest BCUT2D eigenvalue weighted by Gasteiger charge is -2.35. The average Bonchev–Trinajstić information content (AvgIpc) is 2.63. The Labute approximate surface area is 150 Å². The Hall–Kier alpha value is -1.40. The SMILES string of the molecule is O=C(C[C@H]1CCCCN1S(=O)(=O)c1ccccc1)NC1CCCCC1. The lowest BCUT2D eigenvalue weighted by molar-refractivity contribution is -0.123. The zero-order valence-corrected chi connectivity index (χ0v) is 15.5. The first-order valence-electron chi connectivity index (χ1n) is 9.43. The van der Waals surface area contributed by atoms with Crippen molar-refractivity contribution in [1.82, 2.24) is 9.62 Å². The van der Waals surface area contributed by atoms with Gasteiger partial charge in [0.25, 0.3) is 0 Å². The van der Waals surface area contributed by atoms with E-state index < -0.39 is 10.0 Å². The third-order valence-electron chi connectivity index (χ3n) is 5.31. The van der Waals surface area contributed by atoms with Crippen molar-refractivity contribution >= 4 is 15.9 Å². The summed E-state index contributed by atoms with van der Waals surface area (Å²) in [5.41, 5.74) is 0. The second kappa shape index (κ2) is 8.32. The predicted octanol–water partition coefficient (Wildman–Crippen LogP) is 3.07. The quantitative estimate of drug-likeness (QED) is 0.873. The summed E-state index contributed by atoms with van der Waals surface area (Å²) in [6, 6.07) is 8.58. The molecular weight excluding hydrogens is 336 g/mol. The molecule has 1 aliphatic carbocycles. The van der Waals surface area contributed by atoms with Crippen molar-refractivity contribution in [2.45, 2.75) is 74.8 Å². The first-order valence-corrected chi connectivity index (χ1v) is 10.9. The Balaban J connectivity index is 1.67. The second-order valence-electron chi connectivity index (χ2n) is 7.18. The highest BCUT2D eigenvalue weighted by Crippen LogP contribution is 2.27. The van der Waals surface area contributed by atoms with Gasteiger partial charge in [0.15, 0.2) is 0 Å². The molecule has 25 heavy (non-hydrogen) atoms. The molecule has 0 radical (unpaired) electrons. The van der Waals surface area contributed by atoms with Crippen LogP contribution in [0.15, 0.2) is 35.2 Å². The summed E-state index contributed by atoms with van der Waals surface area (Å²) in [6.45, 7) is 0.499. The van der Waals surface area contributed by atoms with Crippen LogP contribution >= 0.6 is 0 Å². The first-order chi connectivity index (χ1) is 12.1. The third kappa shape index (κ3) is 4.61. The van der Waals surface area contributed by atoms with E-state index in [9.17, 15) is 13.2 Å². The summed E-state index contributed by atoms with van der Waals surface area (Å²) in [4.78, 5) is 12.8. The number of sulfonamides is 1. The Morgan fingerprint density at radius 3 is 2.40 bits per heavy atom. The van der Waals surface area contributed by atoms with Gasteiger partial charge in [-0.05, 0) is 37.8 Å². The van der Waals surface area contributed by atoms with Crippen LogP contribution in [0.4, 0.5) is 0 Å². The van der Waals surface area contributed by atoms with Crippen LogP contribution in [0.2, 0.25) is 0 Å². The van der Waals surface area contributed by atoms with Gasteiger partial charge in [-0.15, -0.1) is 0 Å². The van der Waals surface area contributed by atoms with Crippen molar-refractivity contribution in [2.24, 2.45) is 0 Å². The highest BCUT2D eigenvalue weighted by atomic mass is 32.2. The van der Waals surface area contributed by atoms with E-state index in [0.29, 0.717) is 11.4 Å². The molecule has 0 aromatic heterocycles. The molecule has 1 saturated carbocycles. The maximum Gasteiger partial charge on any atom is 0.243 e. The number of nitrogens with one attached hydrogen (secondary N) is 1. The van der Waals surface area contributed by atoms with Gasteiger partial charge in [-0.25, -0.2) is 8.42 Å². The van der Waals surface area contributed by atoms with Crippen LogP contribution in [0.1, 0.15) is 57.8 Å². The Morgan fingerprint density at radius 2 is 1.68 bits per heavy atom. The van der Waals surface area contributed by atoms with Gasteiger partial charge >= 0.3 is 0 Å². The van der Waals surface area contributed by atoms with Crippen LogP contribution in [-0.2, 0) is 14.8 Å². The van der Waals surface area contributed by atoms with Gasteiger partial charge in [0, 0.05) is 25.0 Å². The molecular formula is C19H28N2O3S. The zero-order chi connectivity index (χ0) is 17.7. The molecule has 1 amide bonds. The third-order valence-corrected chi connectivity index (χ3v) is 7.28. The molecule has 1 N–H and O–H groups in total. The van der Waals surface area contributed by atoms with E-state index in [1.54, 1.807) is 28.6 Å². The molecule has 1 saturated heterocycles. The summed E-state index contributed by atoms with van der Waals surface area (Å²) in [5.74, 6) is -0.00735. The maximum absolute atomic E-state index is 13.0. The van der Waals surface area contributed by atoms with Crippen molar-refractivity contribution in [3.8, 4) is 0 Å². The number of hydrogen-bond acceptors (Lipinski definition) is 3. The van der Waals surface area contributed by atoms with Gasteiger partial charge in [0.2, 0.25) is 15.9 Å². The number of nitrogens with zero attached hydrogens (tertiary/aromatic N) is 1. The van der Waals surface area contributed by atoms with Gasteiger partial charge in [-0.1, -0.05) is 43.9 Å². The molecule has 1 heterocycles. The Kier molecular flexibility index (Phi) is 6.12. The molecule has 138 valence electrons. The van der Waals surface area contributed by atoms with Crippen molar-refractivity contribution in [3.63, 3.8) is 0 Å². The predicted molar refractivity (Wildman–Crippen MR) is 97.6 cm³/mol. The molecule has 1 atom stereocenters. The minimum absolute atomic E-state index is 0.00735. The number of piperidine rings is 1. The largest absolute Gasteiger partial charge is 0.353 e. The van der Waals surface area contributed by atoms with E-state index in [0.717, 1.165) is 32.1 Å². The van der Waals surface area contributed by atoms with E-state index in [-0.39, 0.29) is 24.4 Å². The van der Waals surface area contributed by atoms with Gasteiger partial charge in [0.1, 0.15) is 0 Å². The Bertz CT molecular complexity index is 669. The summed E-state index contributed by atoms with van der Waals surface area (Å²) in [6.07, 6.45) is 8.52. The molecule has 2 fully saturated rings. The first kappa shape index (κ1) is 18.4. The van der Waals surface area contributed by atoms with Gasteiger partial charge < -0.3 is 5.32 Å². The average molecular weight is 365 g/mol. The molecule has 2 aliphatic rings. The molecule has 0 spiro atoms. The summed E-state index contributed by atoms with van der Waals surface area (Å²) >= 11 is 0. The van der Waals surface area contributed by atoms with Gasteiger partial charge in [-0.2, -0.15) is 4.31 Å². The van der Waals surface area contributed by atoms with E-state index in [4.69, 9.17) is 0 Å². The number of carbonyl (C=O) groups excluding carboxylic acids is 1. The topological polar surface area (TPSA) is 66.5 Å². The number of hydrogen-bond donors (Lipinski definition) is 1. The standard InChI is InChI=1S/C19H28N2O3S/c22-19(20-16-9-3-1-4-10-16)15-17-11-7-8-14-21(17)25(23,24)18-12-5-2-6-13-18/h2,5-6,12-13,16-17H,1,3-4,7-11,14-15H2,(H,20,22)/t17-/m1/s1. The highest BCUT2D eigenvalue weighted by molar-refractivity contribution is 7.89. The van der Waals surface area contributed by atoms with Crippen LogP contribution in [0.25, 0.3) is 0 Å². The van der Waals surface area contributed by atoms with E-state index in [2.05, 4.69) is 5.32 Å². The second-order valence-corrected chi connectivity index (χ2v) is 9.08. The van der Waals surface area contributed by atoms with Crippen molar-refractivity contribution in [2.75, 3.05) is 6.54 Å². The molecule has 0 bridgehead atoms. The molecule has 3 rings (SSSR count). The molecule has 1 aliphatic heterocycles. The summed E-state index contributed by atoms with van der Waals surface area (Å²) in [7, 11) is -3.54. The van der Waals surface area contributed by atoms with Crippen LogP contribution < -0.4 is 5.32 Å². The van der Waals surface area contributed by atoms with Crippen molar-refractivity contribution < 1.29 is 13.2 Å². The van der Waals surface area contributed by atoms with Crippen molar-refractivity contribution in [1.29, 1.82) is 0 Å². The van der Waals surface area contributed by atoms with E-state index in [1.807, 2.05) is 6.07 Å². The van der Waals surface area contributed by atoms with Gasteiger partial charge in [0.05, 0.1) is 4.90 Å². The molecule has 6 heteroatoms. The highest BCUT2D eigenvalue weighted by Gasteiger charge is 2.34. The minimum atomic E-state index is -3.54. The molecule has 5 nitrogen and oxygen atoms in total. The maximum atomic E-state index is 13.0.